The smallest absolute Gasteiger partial charge is 0.240 e. The van der Waals surface area contributed by atoms with E-state index in [1.807, 2.05) is 29.1 Å². The van der Waals surface area contributed by atoms with Crippen molar-refractivity contribution in [3.05, 3.63) is 60.0 Å². The predicted molar refractivity (Wildman–Crippen MR) is 73.1 cm³/mol. The Morgan fingerprint density at radius 3 is 2.70 bits per heavy atom. The van der Waals surface area contributed by atoms with Crippen molar-refractivity contribution in [3.8, 4) is 5.69 Å². The first kappa shape index (κ1) is 12.6. The maximum absolute atomic E-state index is 5.04. The largest absolute Gasteiger partial charge is 0.338 e. The van der Waals surface area contributed by atoms with E-state index in [0.717, 1.165) is 12.2 Å². The highest BCUT2D eigenvalue weighted by Crippen LogP contribution is 2.08. The third kappa shape index (κ3) is 2.92. The number of aryl methyl sites for hydroxylation is 1. The summed E-state index contributed by atoms with van der Waals surface area (Å²) in [7, 11) is 0. The van der Waals surface area contributed by atoms with Gasteiger partial charge in [0, 0.05) is 18.9 Å². The minimum absolute atomic E-state index is 0.571. The summed E-state index contributed by atoms with van der Waals surface area (Å²) in [6, 6.07) is 10.1. The van der Waals surface area contributed by atoms with E-state index in [9.17, 15) is 0 Å². The maximum Gasteiger partial charge on any atom is 0.240 e. The summed E-state index contributed by atoms with van der Waals surface area (Å²) < 4.78 is 6.87. The molecule has 0 radical (unpaired) electrons. The zero-order valence-corrected chi connectivity index (χ0v) is 11.2. The highest BCUT2D eigenvalue weighted by Gasteiger charge is 2.02. The van der Waals surface area contributed by atoms with Gasteiger partial charge in [0.05, 0.1) is 12.2 Å². The molecule has 20 heavy (non-hydrogen) atoms. The average Bonchev–Trinajstić information content (AvgIpc) is 3.11. The molecule has 0 fully saturated rings. The van der Waals surface area contributed by atoms with Gasteiger partial charge in [-0.1, -0.05) is 17.3 Å². The van der Waals surface area contributed by atoms with Gasteiger partial charge < -0.3 is 9.84 Å². The first-order valence-electron chi connectivity index (χ1n) is 6.40. The van der Waals surface area contributed by atoms with Crippen LogP contribution in [0, 0.1) is 6.92 Å². The normalized spacial score (nSPS) is 10.8. The van der Waals surface area contributed by atoms with Gasteiger partial charge in [0.15, 0.2) is 5.82 Å². The zero-order chi connectivity index (χ0) is 13.8. The molecule has 6 heteroatoms. The van der Waals surface area contributed by atoms with Crippen molar-refractivity contribution in [1.82, 2.24) is 25.2 Å². The summed E-state index contributed by atoms with van der Waals surface area (Å²) in [5, 5.41) is 11.2. The van der Waals surface area contributed by atoms with Gasteiger partial charge >= 0.3 is 0 Å². The van der Waals surface area contributed by atoms with Gasteiger partial charge in [-0.3, -0.25) is 0 Å². The molecule has 0 saturated carbocycles. The Kier molecular flexibility index (Phi) is 3.56. The Labute approximate surface area is 116 Å². The van der Waals surface area contributed by atoms with E-state index in [2.05, 4.69) is 32.7 Å². The number of hydrogen-bond acceptors (Lipinski definition) is 5. The Balaban J connectivity index is 1.56. The van der Waals surface area contributed by atoms with E-state index in [4.69, 9.17) is 4.52 Å². The highest BCUT2D eigenvalue weighted by atomic mass is 16.5. The fourth-order valence-corrected chi connectivity index (χ4v) is 1.91. The molecule has 0 bridgehead atoms. The van der Waals surface area contributed by atoms with Gasteiger partial charge in [0.1, 0.15) is 0 Å². The molecule has 0 amide bonds. The van der Waals surface area contributed by atoms with Crippen LogP contribution in [-0.2, 0) is 13.1 Å². The molecule has 2 aromatic heterocycles. The lowest BCUT2D eigenvalue weighted by atomic mass is 10.2. The lowest BCUT2D eigenvalue weighted by molar-refractivity contribution is 0.364. The fourth-order valence-electron chi connectivity index (χ4n) is 1.91. The van der Waals surface area contributed by atoms with E-state index in [-0.39, 0.29) is 0 Å². The number of rotatable bonds is 5. The number of benzene rings is 1. The Hall–Kier alpha value is -2.47. The average molecular weight is 269 g/mol. The quantitative estimate of drug-likeness (QED) is 0.765. The fraction of sp³-hybridized carbons (Fsp3) is 0.214. The van der Waals surface area contributed by atoms with Crippen LogP contribution in [-0.4, -0.2) is 19.9 Å². The Morgan fingerprint density at radius 2 is 2.05 bits per heavy atom. The Morgan fingerprint density at radius 1 is 1.20 bits per heavy atom. The van der Waals surface area contributed by atoms with Crippen molar-refractivity contribution < 1.29 is 4.52 Å². The molecule has 0 aliphatic heterocycles. The second kappa shape index (κ2) is 5.66. The molecule has 2 heterocycles. The van der Waals surface area contributed by atoms with Gasteiger partial charge in [0.25, 0.3) is 0 Å². The van der Waals surface area contributed by atoms with Crippen LogP contribution < -0.4 is 5.32 Å². The second-order valence-corrected chi connectivity index (χ2v) is 4.46. The lowest BCUT2D eigenvalue weighted by Gasteiger charge is -2.05. The minimum Gasteiger partial charge on any atom is -0.338 e. The third-order valence-corrected chi connectivity index (χ3v) is 2.88. The van der Waals surface area contributed by atoms with E-state index < -0.39 is 0 Å². The summed E-state index contributed by atoms with van der Waals surface area (Å²) in [5.41, 5.74) is 2.24. The van der Waals surface area contributed by atoms with Gasteiger partial charge in [-0.05, 0) is 30.7 Å². The monoisotopic (exact) mass is 269 g/mol. The first-order valence-corrected chi connectivity index (χ1v) is 6.40. The van der Waals surface area contributed by atoms with Crippen molar-refractivity contribution in [2.24, 2.45) is 0 Å². The highest BCUT2D eigenvalue weighted by molar-refractivity contribution is 5.33. The van der Waals surface area contributed by atoms with Crippen LogP contribution in [0.15, 0.2) is 47.2 Å². The topological polar surface area (TPSA) is 68.8 Å². The van der Waals surface area contributed by atoms with Gasteiger partial charge in [-0.15, -0.1) is 0 Å². The van der Waals surface area contributed by atoms with Crippen molar-refractivity contribution in [2.75, 3.05) is 0 Å². The summed E-state index contributed by atoms with van der Waals surface area (Å²) in [6.45, 7) is 3.13. The van der Waals surface area contributed by atoms with Gasteiger partial charge in [-0.25, -0.2) is 4.68 Å². The van der Waals surface area contributed by atoms with Crippen molar-refractivity contribution in [2.45, 2.75) is 20.0 Å². The molecule has 6 nitrogen and oxygen atoms in total. The molecule has 0 spiro atoms. The maximum atomic E-state index is 5.04. The van der Waals surface area contributed by atoms with Crippen LogP contribution in [0.4, 0.5) is 0 Å². The molecule has 102 valence electrons. The molecule has 3 aromatic rings. The van der Waals surface area contributed by atoms with Crippen LogP contribution in [0.5, 0.6) is 0 Å². The van der Waals surface area contributed by atoms with E-state index in [0.29, 0.717) is 18.3 Å². The predicted octanol–water partition coefficient (Wildman–Crippen LogP) is 1.85. The van der Waals surface area contributed by atoms with Crippen LogP contribution >= 0.6 is 0 Å². The van der Waals surface area contributed by atoms with Crippen LogP contribution in [0.2, 0.25) is 0 Å². The van der Waals surface area contributed by atoms with Crippen LogP contribution in [0.1, 0.15) is 17.3 Å². The molecular weight excluding hydrogens is 254 g/mol. The zero-order valence-electron chi connectivity index (χ0n) is 11.2. The molecular formula is C14H15N5O. The van der Waals surface area contributed by atoms with Crippen LogP contribution in [0.3, 0.4) is 0 Å². The number of nitrogens with one attached hydrogen (secondary N) is 1. The van der Waals surface area contributed by atoms with E-state index in [1.54, 1.807) is 13.1 Å². The number of hydrogen-bond donors (Lipinski definition) is 1. The lowest BCUT2D eigenvalue weighted by Crippen LogP contribution is -2.13. The molecule has 0 atom stereocenters. The molecule has 0 aliphatic carbocycles. The molecule has 1 aromatic carbocycles. The van der Waals surface area contributed by atoms with E-state index >= 15 is 0 Å². The van der Waals surface area contributed by atoms with Crippen molar-refractivity contribution in [1.29, 1.82) is 0 Å². The van der Waals surface area contributed by atoms with Gasteiger partial charge in [0.2, 0.25) is 5.89 Å². The summed E-state index contributed by atoms with van der Waals surface area (Å²) in [6.07, 6.45) is 3.69. The SMILES string of the molecule is Cc1noc(CNCc2ccc(-n3cccn3)cc2)n1. The van der Waals surface area contributed by atoms with Gasteiger partial charge in [-0.2, -0.15) is 10.1 Å². The number of aromatic nitrogens is 4. The summed E-state index contributed by atoms with van der Waals surface area (Å²) >= 11 is 0. The van der Waals surface area contributed by atoms with Crippen molar-refractivity contribution in [3.63, 3.8) is 0 Å². The standard InChI is InChI=1S/C14H15N5O/c1-11-17-14(20-18-11)10-15-9-12-3-5-13(6-4-12)19-8-2-7-16-19/h2-8,15H,9-10H2,1H3. The minimum atomic E-state index is 0.571. The molecule has 3 rings (SSSR count). The third-order valence-electron chi connectivity index (χ3n) is 2.88. The molecule has 0 unspecified atom stereocenters. The summed E-state index contributed by atoms with van der Waals surface area (Å²) in [4.78, 5) is 4.14. The molecule has 0 aliphatic rings. The first-order chi connectivity index (χ1) is 9.81. The van der Waals surface area contributed by atoms with Crippen LogP contribution in [0.25, 0.3) is 5.69 Å². The Bertz CT molecular complexity index is 657. The summed E-state index contributed by atoms with van der Waals surface area (Å²) in [5.74, 6) is 1.26. The second-order valence-electron chi connectivity index (χ2n) is 4.46. The molecule has 1 N–H and O–H groups in total. The van der Waals surface area contributed by atoms with E-state index in [1.165, 1.54) is 5.56 Å². The molecule has 0 saturated heterocycles. The van der Waals surface area contributed by atoms with Crippen molar-refractivity contribution >= 4 is 0 Å². The number of nitrogens with zero attached hydrogens (tertiary/aromatic N) is 4.